The lowest BCUT2D eigenvalue weighted by atomic mass is 9.80. The van der Waals surface area contributed by atoms with Crippen molar-refractivity contribution in [1.82, 2.24) is 15.6 Å². The van der Waals surface area contributed by atoms with Crippen molar-refractivity contribution in [2.75, 3.05) is 27.4 Å². The van der Waals surface area contributed by atoms with Gasteiger partial charge < -0.3 is 20.1 Å². The Morgan fingerprint density at radius 3 is 2.52 bits per heavy atom. The molecule has 2 rings (SSSR count). The van der Waals surface area contributed by atoms with Gasteiger partial charge in [0.1, 0.15) is 6.61 Å². The molecule has 0 amide bonds. The van der Waals surface area contributed by atoms with Crippen molar-refractivity contribution in [3.8, 4) is 5.88 Å². The predicted octanol–water partition coefficient (Wildman–Crippen LogP) is 3.60. The molecule has 0 unspecified atom stereocenters. The Kier molecular flexibility index (Phi) is 11.7. The van der Waals surface area contributed by atoms with Crippen molar-refractivity contribution in [1.29, 1.82) is 0 Å². The first kappa shape index (κ1) is 23.9. The Morgan fingerprint density at radius 2 is 1.96 bits per heavy atom. The topological polar surface area (TPSA) is 67.8 Å². The van der Waals surface area contributed by atoms with E-state index in [1.807, 2.05) is 25.4 Å². The summed E-state index contributed by atoms with van der Waals surface area (Å²) in [6, 6.07) is 4.42. The van der Waals surface area contributed by atoms with Gasteiger partial charge in [0.2, 0.25) is 5.88 Å². The maximum atomic E-state index is 5.48. The number of aliphatic imine (C=N–C) groups is 1. The molecule has 6 nitrogen and oxygen atoms in total. The first-order chi connectivity index (χ1) is 12.6. The third kappa shape index (κ3) is 8.64. The summed E-state index contributed by atoms with van der Waals surface area (Å²) in [6.07, 6.45) is 6.88. The number of aromatic nitrogens is 1. The van der Waals surface area contributed by atoms with Gasteiger partial charge in [-0.3, -0.25) is 4.99 Å². The molecule has 0 saturated heterocycles. The summed E-state index contributed by atoms with van der Waals surface area (Å²) in [5.74, 6) is 3.15. The minimum Gasteiger partial charge on any atom is -0.475 e. The molecule has 7 heteroatoms. The summed E-state index contributed by atoms with van der Waals surface area (Å²) in [6.45, 7) is 6.43. The Balaban J connectivity index is 0.00000364. The fourth-order valence-electron chi connectivity index (χ4n) is 3.33. The average Bonchev–Trinajstić information content (AvgIpc) is 2.66. The Morgan fingerprint density at radius 1 is 1.22 bits per heavy atom. The van der Waals surface area contributed by atoms with Gasteiger partial charge in [-0.15, -0.1) is 24.0 Å². The predicted molar refractivity (Wildman–Crippen MR) is 121 cm³/mol. The smallest absolute Gasteiger partial charge is 0.213 e. The van der Waals surface area contributed by atoms with E-state index in [9.17, 15) is 0 Å². The molecule has 0 radical (unpaired) electrons. The number of guanidine groups is 1. The molecule has 0 aliphatic heterocycles. The van der Waals surface area contributed by atoms with Gasteiger partial charge in [-0.1, -0.05) is 19.9 Å². The second-order valence-electron chi connectivity index (χ2n) is 7.27. The van der Waals surface area contributed by atoms with Crippen LogP contribution in [0.3, 0.4) is 0 Å². The van der Waals surface area contributed by atoms with Crippen molar-refractivity contribution < 1.29 is 9.47 Å². The molecule has 1 aliphatic rings. The highest BCUT2D eigenvalue weighted by molar-refractivity contribution is 14.0. The van der Waals surface area contributed by atoms with E-state index in [2.05, 4.69) is 34.5 Å². The van der Waals surface area contributed by atoms with Crippen LogP contribution in [0.4, 0.5) is 0 Å². The highest BCUT2D eigenvalue weighted by Gasteiger charge is 2.23. The first-order valence-electron chi connectivity index (χ1n) is 9.66. The zero-order valence-electron chi connectivity index (χ0n) is 17.0. The third-order valence-corrected chi connectivity index (χ3v) is 5.07. The van der Waals surface area contributed by atoms with Gasteiger partial charge in [0.05, 0.1) is 6.61 Å². The van der Waals surface area contributed by atoms with Crippen molar-refractivity contribution in [2.45, 2.75) is 52.1 Å². The van der Waals surface area contributed by atoms with Gasteiger partial charge in [-0.25, -0.2) is 4.98 Å². The van der Waals surface area contributed by atoms with Crippen LogP contribution in [0.15, 0.2) is 23.3 Å². The van der Waals surface area contributed by atoms with Gasteiger partial charge >= 0.3 is 0 Å². The molecule has 0 bridgehead atoms. The van der Waals surface area contributed by atoms with E-state index >= 15 is 0 Å². The summed E-state index contributed by atoms with van der Waals surface area (Å²) in [5, 5.41) is 6.94. The summed E-state index contributed by atoms with van der Waals surface area (Å²) < 4.78 is 10.4. The number of ether oxygens (including phenoxy) is 2. The second kappa shape index (κ2) is 13.1. The van der Waals surface area contributed by atoms with Gasteiger partial charge in [0.25, 0.3) is 0 Å². The molecule has 0 spiro atoms. The van der Waals surface area contributed by atoms with Crippen LogP contribution in [-0.4, -0.2) is 44.4 Å². The van der Waals surface area contributed by atoms with E-state index in [4.69, 9.17) is 9.47 Å². The monoisotopic (exact) mass is 490 g/mol. The van der Waals surface area contributed by atoms with Crippen LogP contribution < -0.4 is 15.4 Å². The van der Waals surface area contributed by atoms with Crippen LogP contribution in [0.2, 0.25) is 0 Å². The normalized spacial score (nSPS) is 20.1. The number of hydrogen-bond donors (Lipinski definition) is 2. The molecule has 1 aromatic rings. The zero-order valence-corrected chi connectivity index (χ0v) is 19.4. The molecule has 1 heterocycles. The fraction of sp³-hybridized carbons (Fsp3) is 0.700. The van der Waals surface area contributed by atoms with Crippen molar-refractivity contribution in [2.24, 2.45) is 16.8 Å². The molecule has 27 heavy (non-hydrogen) atoms. The minimum absolute atomic E-state index is 0. The lowest BCUT2D eigenvalue weighted by Gasteiger charge is -2.32. The number of rotatable bonds is 8. The molecule has 1 saturated carbocycles. The number of methoxy groups -OCH3 is 1. The van der Waals surface area contributed by atoms with E-state index in [1.54, 1.807) is 7.11 Å². The summed E-state index contributed by atoms with van der Waals surface area (Å²) in [4.78, 5) is 8.67. The van der Waals surface area contributed by atoms with Gasteiger partial charge in [-0.2, -0.15) is 0 Å². The first-order valence-corrected chi connectivity index (χ1v) is 9.66. The fourth-order valence-corrected chi connectivity index (χ4v) is 3.33. The molecule has 1 aromatic heterocycles. The Bertz CT molecular complexity index is 543. The van der Waals surface area contributed by atoms with E-state index in [0.29, 0.717) is 31.7 Å². The lowest BCUT2D eigenvalue weighted by molar-refractivity contribution is 0.143. The number of halogens is 1. The maximum Gasteiger partial charge on any atom is 0.213 e. The molecule has 1 aliphatic carbocycles. The van der Waals surface area contributed by atoms with E-state index in [0.717, 1.165) is 23.4 Å². The largest absolute Gasteiger partial charge is 0.475 e. The molecule has 1 fully saturated rings. The number of pyridine rings is 1. The van der Waals surface area contributed by atoms with E-state index in [1.165, 1.54) is 25.7 Å². The molecule has 0 aromatic carbocycles. The Labute approximate surface area is 180 Å². The van der Waals surface area contributed by atoms with Gasteiger partial charge in [0.15, 0.2) is 5.96 Å². The standard InChI is InChI=1S/C20H34N4O2.HI/c1-15(2)17-6-8-18(9-7-17)24-20(21-3)23-14-16-5-10-19(22-13-16)26-12-11-25-4;/h5,10,13,15,17-18H,6-9,11-12,14H2,1-4H3,(H2,21,23,24);1H. The molecular weight excluding hydrogens is 455 g/mol. The summed E-state index contributed by atoms with van der Waals surface area (Å²) in [7, 11) is 3.47. The zero-order chi connectivity index (χ0) is 18.8. The quantitative estimate of drug-likeness (QED) is 0.252. The van der Waals surface area contributed by atoms with Crippen molar-refractivity contribution in [3.63, 3.8) is 0 Å². The van der Waals surface area contributed by atoms with E-state index < -0.39 is 0 Å². The summed E-state index contributed by atoms with van der Waals surface area (Å²) >= 11 is 0. The average molecular weight is 490 g/mol. The number of nitrogens with zero attached hydrogens (tertiary/aromatic N) is 2. The highest BCUT2D eigenvalue weighted by Crippen LogP contribution is 2.29. The highest BCUT2D eigenvalue weighted by atomic mass is 127. The molecule has 154 valence electrons. The van der Waals surface area contributed by atoms with Crippen LogP contribution in [-0.2, 0) is 11.3 Å². The third-order valence-electron chi connectivity index (χ3n) is 5.07. The van der Waals surface area contributed by atoms with Gasteiger partial charge in [-0.05, 0) is 43.1 Å². The molecule has 2 N–H and O–H groups in total. The number of hydrogen-bond acceptors (Lipinski definition) is 4. The van der Waals surface area contributed by atoms with Crippen LogP contribution in [0.1, 0.15) is 45.1 Å². The molecular formula is C20H35IN4O2. The lowest BCUT2D eigenvalue weighted by Crippen LogP contribution is -2.44. The van der Waals surface area contributed by atoms with Crippen LogP contribution in [0.25, 0.3) is 0 Å². The number of nitrogens with one attached hydrogen (secondary N) is 2. The van der Waals surface area contributed by atoms with Crippen LogP contribution in [0, 0.1) is 11.8 Å². The second-order valence-corrected chi connectivity index (χ2v) is 7.27. The maximum absolute atomic E-state index is 5.48. The molecule has 0 atom stereocenters. The van der Waals surface area contributed by atoms with Gasteiger partial charge in [0, 0.05) is 39.0 Å². The van der Waals surface area contributed by atoms with Crippen LogP contribution in [0.5, 0.6) is 5.88 Å². The van der Waals surface area contributed by atoms with Crippen molar-refractivity contribution >= 4 is 29.9 Å². The van der Waals surface area contributed by atoms with E-state index in [-0.39, 0.29) is 24.0 Å². The Hall–Kier alpha value is -1.09. The SMILES string of the molecule is CN=C(NCc1ccc(OCCOC)nc1)NC1CCC(C(C)C)CC1.I. The van der Waals surface area contributed by atoms with Crippen LogP contribution >= 0.6 is 24.0 Å². The van der Waals surface area contributed by atoms with Crippen molar-refractivity contribution in [3.05, 3.63) is 23.9 Å². The summed E-state index contributed by atoms with van der Waals surface area (Å²) in [5.41, 5.74) is 1.09. The minimum atomic E-state index is 0.